The summed E-state index contributed by atoms with van der Waals surface area (Å²) in [7, 11) is 3.32. The standard InChI is InChI=1S/C18H33N3O4/c1-18(2,3)15(17(24)20(4)5)19-16(23)14(11-21(25)12-22)10-13-8-6-7-9-13/h12-15,25H,6-11H2,1-5H3,(H,19,23). The number of carbonyl (C=O) groups is 3. The van der Waals surface area contributed by atoms with Gasteiger partial charge in [-0.25, -0.2) is 5.06 Å². The minimum Gasteiger partial charge on any atom is -0.347 e. The Kier molecular flexibility index (Phi) is 7.86. The summed E-state index contributed by atoms with van der Waals surface area (Å²) in [6, 6.07) is -0.663. The van der Waals surface area contributed by atoms with Gasteiger partial charge >= 0.3 is 0 Å². The lowest BCUT2D eigenvalue weighted by Gasteiger charge is -2.34. The number of nitrogens with one attached hydrogen (secondary N) is 1. The zero-order valence-electron chi connectivity index (χ0n) is 16.1. The highest BCUT2D eigenvalue weighted by atomic mass is 16.5. The highest BCUT2D eigenvalue weighted by Gasteiger charge is 2.36. The van der Waals surface area contributed by atoms with Crippen molar-refractivity contribution in [2.75, 3.05) is 20.6 Å². The van der Waals surface area contributed by atoms with E-state index in [1.807, 2.05) is 20.8 Å². The molecule has 25 heavy (non-hydrogen) atoms. The average molecular weight is 355 g/mol. The first kappa shape index (κ1) is 21.4. The van der Waals surface area contributed by atoms with E-state index in [0.717, 1.165) is 25.7 Å². The number of hydroxylamine groups is 2. The normalized spacial score (nSPS) is 17.7. The maximum Gasteiger partial charge on any atom is 0.245 e. The molecule has 2 atom stereocenters. The Morgan fingerprint density at radius 1 is 1.24 bits per heavy atom. The minimum absolute atomic E-state index is 0.0567. The predicted octanol–water partition coefficient (Wildman–Crippen LogP) is 1.65. The Balaban J connectivity index is 2.88. The van der Waals surface area contributed by atoms with Crippen molar-refractivity contribution < 1.29 is 19.6 Å². The molecule has 1 saturated carbocycles. The number of rotatable bonds is 8. The van der Waals surface area contributed by atoms with E-state index < -0.39 is 17.4 Å². The van der Waals surface area contributed by atoms with Crippen LogP contribution in [-0.4, -0.2) is 60.1 Å². The van der Waals surface area contributed by atoms with Crippen molar-refractivity contribution in [3.63, 3.8) is 0 Å². The molecule has 2 unspecified atom stereocenters. The van der Waals surface area contributed by atoms with Gasteiger partial charge in [-0.15, -0.1) is 0 Å². The van der Waals surface area contributed by atoms with Crippen molar-refractivity contribution in [2.24, 2.45) is 17.3 Å². The molecule has 0 radical (unpaired) electrons. The van der Waals surface area contributed by atoms with Gasteiger partial charge in [0.2, 0.25) is 18.2 Å². The highest BCUT2D eigenvalue weighted by molar-refractivity contribution is 5.89. The molecule has 0 aliphatic heterocycles. The number of nitrogens with zero attached hydrogens (tertiary/aromatic N) is 2. The van der Waals surface area contributed by atoms with Crippen LogP contribution >= 0.6 is 0 Å². The summed E-state index contributed by atoms with van der Waals surface area (Å²) >= 11 is 0. The number of likely N-dealkylation sites (N-methyl/N-ethyl adjacent to an activating group) is 1. The third-order valence-corrected chi connectivity index (χ3v) is 4.83. The fourth-order valence-electron chi connectivity index (χ4n) is 3.35. The van der Waals surface area contributed by atoms with E-state index in [-0.39, 0.29) is 18.4 Å². The van der Waals surface area contributed by atoms with Gasteiger partial charge in [-0.05, 0) is 17.8 Å². The molecule has 2 N–H and O–H groups in total. The smallest absolute Gasteiger partial charge is 0.245 e. The molecular formula is C18H33N3O4. The van der Waals surface area contributed by atoms with Crippen LogP contribution in [0.25, 0.3) is 0 Å². The summed E-state index contributed by atoms with van der Waals surface area (Å²) in [4.78, 5) is 37.5. The summed E-state index contributed by atoms with van der Waals surface area (Å²) in [5.74, 6) is -0.564. The lowest BCUT2D eigenvalue weighted by atomic mass is 9.84. The van der Waals surface area contributed by atoms with Gasteiger partial charge in [-0.3, -0.25) is 19.6 Å². The first-order chi connectivity index (χ1) is 11.6. The van der Waals surface area contributed by atoms with Gasteiger partial charge in [0.25, 0.3) is 0 Å². The van der Waals surface area contributed by atoms with Crippen molar-refractivity contribution in [1.29, 1.82) is 0 Å². The number of hydrogen-bond acceptors (Lipinski definition) is 4. The maximum atomic E-state index is 12.8. The molecule has 3 amide bonds. The molecule has 0 aromatic carbocycles. The molecule has 0 heterocycles. The van der Waals surface area contributed by atoms with E-state index in [1.165, 1.54) is 4.90 Å². The van der Waals surface area contributed by atoms with Crippen LogP contribution in [0.1, 0.15) is 52.9 Å². The third kappa shape index (κ3) is 6.65. The zero-order valence-corrected chi connectivity index (χ0v) is 16.1. The summed E-state index contributed by atoms with van der Waals surface area (Å²) < 4.78 is 0. The Hall–Kier alpha value is -1.63. The van der Waals surface area contributed by atoms with Gasteiger partial charge < -0.3 is 10.2 Å². The third-order valence-electron chi connectivity index (χ3n) is 4.83. The van der Waals surface area contributed by atoms with Gasteiger partial charge in [0.05, 0.1) is 12.5 Å². The van der Waals surface area contributed by atoms with E-state index >= 15 is 0 Å². The van der Waals surface area contributed by atoms with Crippen molar-refractivity contribution in [3.8, 4) is 0 Å². The molecule has 0 spiro atoms. The summed E-state index contributed by atoms with van der Waals surface area (Å²) in [5, 5.41) is 12.9. The summed E-state index contributed by atoms with van der Waals surface area (Å²) in [5.41, 5.74) is -0.446. The van der Waals surface area contributed by atoms with E-state index in [1.54, 1.807) is 14.1 Å². The SMILES string of the molecule is CN(C)C(=O)C(NC(=O)C(CC1CCCC1)CN(O)C=O)C(C)(C)C. The fourth-order valence-corrected chi connectivity index (χ4v) is 3.35. The molecule has 1 fully saturated rings. The number of amides is 3. The largest absolute Gasteiger partial charge is 0.347 e. The molecule has 0 saturated heterocycles. The second-order valence-corrected chi connectivity index (χ2v) is 8.35. The molecule has 144 valence electrons. The minimum atomic E-state index is -0.663. The van der Waals surface area contributed by atoms with E-state index in [2.05, 4.69) is 5.32 Å². The van der Waals surface area contributed by atoms with Gasteiger partial charge in [-0.1, -0.05) is 46.5 Å². The lowest BCUT2D eigenvalue weighted by Crippen LogP contribution is -2.55. The van der Waals surface area contributed by atoms with Crippen molar-refractivity contribution >= 4 is 18.2 Å². The average Bonchev–Trinajstić information content (AvgIpc) is 3.02. The lowest BCUT2D eigenvalue weighted by molar-refractivity contribution is -0.155. The molecule has 7 nitrogen and oxygen atoms in total. The topological polar surface area (TPSA) is 90.0 Å². The molecule has 0 aromatic rings. The molecule has 0 bridgehead atoms. The summed E-state index contributed by atoms with van der Waals surface area (Å²) in [6.07, 6.45) is 5.36. The van der Waals surface area contributed by atoms with E-state index in [9.17, 15) is 19.6 Å². The van der Waals surface area contributed by atoms with Gasteiger partial charge in [0, 0.05) is 14.1 Å². The van der Waals surface area contributed by atoms with Crippen LogP contribution in [0.2, 0.25) is 0 Å². The monoisotopic (exact) mass is 355 g/mol. The Bertz CT molecular complexity index is 467. The van der Waals surface area contributed by atoms with E-state index in [4.69, 9.17) is 0 Å². The molecule has 1 aliphatic carbocycles. The maximum absolute atomic E-state index is 12.8. The molecule has 7 heteroatoms. The number of hydrogen-bond donors (Lipinski definition) is 2. The fraction of sp³-hybridized carbons (Fsp3) is 0.833. The van der Waals surface area contributed by atoms with Gasteiger partial charge in [-0.2, -0.15) is 0 Å². The molecule has 0 aromatic heterocycles. The van der Waals surface area contributed by atoms with Crippen molar-refractivity contribution in [1.82, 2.24) is 15.3 Å². The Labute approximate surface area is 150 Å². The molecule has 1 rings (SSSR count). The van der Waals surface area contributed by atoms with Crippen LogP contribution in [0.3, 0.4) is 0 Å². The molecular weight excluding hydrogens is 322 g/mol. The Morgan fingerprint density at radius 3 is 2.24 bits per heavy atom. The first-order valence-corrected chi connectivity index (χ1v) is 8.98. The predicted molar refractivity (Wildman–Crippen MR) is 94.7 cm³/mol. The van der Waals surface area contributed by atoms with Crippen LogP contribution < -0.4 is 5.32 Å². The first-order valence-electron chi connectivity index (χ1n) is 8.98. The van der Waals surface area contributed by atoms with Crippen molar-refractivity contribution in [2.45, 2.75) is 58.9 Å². The summed E-state index contributed by atoms with van der Waals surface area (Å²) in [6.45, 7) is 5.64. The Morgan fingerprint density at radius 2 is 1.80 bits per heavy atom. The van der Waals surface area contributed by atoms with Crippen LogP contribution in [0.15, 0.2) is 0 Å². The molecule has 1 aliphatic rings. The van der Waals surface area contributed by atoms with Gasteiger partial charge in [0.15, 0.2) is 0 Å². The van der Waals surface area contributed by atoms with Crippen LogP contribution in [0.5, 0.6) is 0 Å². The quantitative estimate of drug-likeness (QED) is 0.393. The van der Waals surface area contributed by atoms with E-state index in [0.29, 0.717) is 23.8 Å². The second kappa shape index (κ2) is 9.17. The van der Waals surface area contributed by atoms with Crippen LogP contribution in [0, 0.1) is 17.3 Å². The van der Waals surface area contributed by atoms with Crippen LogP contribution in [0.4, 0.5) is 0 Å². The number of carbonyl (C=O) groups excluding carboxylic acids is 3. The zero-order chi connectivity index (χ0) is 19.2. The second-order valence-electron chi connectivity index (χ2n) is 8.35. The van der Waals surface area contributed by atoms with Gasteiger partial charge in [0.1, 0.15) is 6.04 Å². The van der Waals surface area contributed by atoms with Crippen molar-refractivity contribution in [3.05, 3.63) is 0 Å². The highest BCUT2D eigenvalue weighted by Crippen LogP contribution is 2.31. The van der Waals surface area contributed by atoms with Crippen LogP contribution in [-0.2, 0) is 14.4 Å².